The summed E-state index contributed by atoms with van der Waals surface area (Å²) < 4.78 is 5.44. The van der Waals surface area contributed by atoms with Crippen LogP contribution >= 0.6 is 0 Å². The minimum Gasteiger partial charge on any atom is -0.508 e. The van der Waals surface area contributed by atoms with E-state index in [0.29, 0.717) is 11.3 Å². The standard InChI is InChI=1S/C14H12O4.2C2H6/c15-11-5-3-6-12(8-11)18-9-10-4-1-2-7-13(10)14(16)17;2*1-2/h1-8,15H,9H2,(H,16,17);2*1-2H3. The number of phenols is 1. The van der Waals surface area contributed by atoms with E-state index in [1.54, 1.807) is 30.3 Å². The van der Waals surface area contributed by atoms with Gasteiger partial charge in [-0.2, -0.15) is 0 Å². The number of aromatic carboxylic acids is 1. The molecule has 0 amide bonds. The highest BCUT2D eigenvalue weighted by molar-refractivity contribution is 5.89. The Bertz CT molecular complexity index is 565. The molecule has 2 aromatic rings. The molecular weight excluding hydrogens is 280 g/mol. The van der Waals surface area contributed by atoms with E-state index in [9.17, 15) is 9.90 Å². The highest BCUT2D eigenvalue weighted by Crippen LogP contribution is 2.19. The number of carboxylic acid groups (broad SMARTS) is 1. The average Bonchev–Trinajstić information content (AvgIpc) is 2.57. The lowest BCUT2D eigenvalue weighted by Crippen LogP contribution is -2.05. The molecule has 0 aliphatic carbocycles. The van der Waals surface area contributed by atoms with Crippen molar-refractivity contribution >= 4 is 5.97 Å². The molecule has 2 rings (SSSR count). The van der Waals surface area contributed by atoms with Gasteiger partial charge in [-0.3, -0.25) is 0 Å². The third kappa shape index (κ3) is 6.31. The number of rotatable bonds is 4. The van der Waals surface area contributed by atoms with Crippen LogP contribution in [0.15, 0.2) is 48.5 Å². The second kappa shape index (κ2) is 11.2. The van der Waals surface area contributed by atoms with Gasteiger partial charge in [0.15, 0.2) is 0 Å². The lowest BCUT2D eigenvalue weighted by atomic mass is 10.1. The minimum atomic E-state index is -0.981. The van der Waals surface area contributed by atoms with Gasteiger partial charge < -0.3 is 14.9 Å². The molecule has 0 spiro atoms. The molecule has 0 aromatic heterocycles. The molecule has 0 saturated carbocycles. The highest BCUT2D eigenvalue weighted by atomic mass is 16.5. The number of aromatic hydroxyl groups is 1. The summed E-state index contributed by atoms with van der Waals surface area (Å²) in [5.41, 5.74) is 0.811. The molecule has 0 radical (unpaired) electrons. The zero-order valence-corrected chi connectivity index (χ0v) is 13.5. The molecule has 2 N–H and O–H groups in total. The molecule has 2 aromatic carbocycles. The van der Waals surface area contributed by atoms with Crippen molar-refractivity contribution in [2.75, 3.05) is 0 Å². The Labute approximate surface area is 132 Å². The van der Waals surface area contributed by atoms with Crippen molar-refractivity contribution in [3.63, 3.8) is 0 Å². The Hall–Kier alpha value is -2.49. The van der Waals surface area contributed by atoms with Gasteiger partial charge in [0.25, 0.3) is 0 Å². The molecule has 0 fully saturated rings. The number of phenolic OH excluding ortho intramolecular Hbond substituents is 1. The lowest BCUT2D eigenvalue weighted by Gasteiger charge is -2.08. The summed E-state index contributed by atoms with van der Waals surface area (Å²) in [6, 6.07) is 13.0. The normalized spacial score (nSPS) is 8.73. The molecule has 4 nitrogen and oxygen atoms in total. The van der Waals surface area contributed by atoms with Crippen LogP contribution in [0.3, 0.4) is 0 Å². The smallest absolute Gasteiger partial charge is 0.336 e. The summed E-state index contributed by atoms with van der Waals surface area (Å²) in [4.78, 5) is 11.0. The molecular formula is C18H24O4. The first-order valence-corrected chi connectivity index (χ1v) is 7.40. The van der Waals surface area contributed by atoms with E-state index >= 15 is 0 Å². The zero-order chi connectivity index (χ0) is 17.0. The molecule has 22 heavy (non-hydrogen) atoms. The highest BCUT2D eigenvalue weighted by Gasteiger charge is 2.09. The number of benzene rings is 2. The fourth-order valence-corrected chi connectivity index (χ4v) is 1.59. The molecule has 0 bridgehead atoms. The van der Waals surface area contributed by atoms with Crippen molar-refractivity contribution in [2.45, 2.75) is 34.3 Å². The van der Waals surface area contributed by atoms with E-state index in [4.69, 9.17) is 9.84 Å². The second-order valence-corrected chi connectivity index (χ2v) is 3.75. The largest absolute Gasteiger partial charge is 0.508 e. The van der Waals surface area contributed by atoms with Crippen LogP contribution in [-0.2, 0) is 6.61 Å². The van der Waals surface area contributed by atoms with E-state index in [0.717, 1.165) is 0 Å². The fourth-order valence-electron chi connectivity index (χ4n) is 1.59. The van der Waals surface area contributed by atoms with Crippen molar-refractivity contribution in [1.29, 1.82) is 0 Å². The summed E-state index contributed by atoms with van der Waals surface area (Å²) in [6.07, 6.45) is 0. The monoisotopic (exact) mass is 304 g/mol. The first-order valence-electron chi connectivity index (χ1n) is 7.40. The van der Waals surface area contributed by atoms with E-state index in [2.05, 4.69) is 0 Å². The number of carboxylic acids is 1. The van der Waals surface area contributed by atoms with Crippen LogP contribution in [0.4, 0.5) is 0 Å². The van der Waals surface area contributed by atoms with Crippen LogP contribution in [0.2, 0.25) is 0 Å². The van der Waals surface area contributed by atoms with Gasteiger partial charge in [-0.05, 0) is 18.2 Å². The molecule has 0 aliphatic rings. The van der Waals surface area contributed by atoms with E-state index in [-0.39, 0.29) is 17.9 Å². The van der Waals surface area contributed by atoms with Crippen molar-refractivity contribution in [3.05, 3.63) is 59.7 Å². The predicted octanol–water partition coefficient (Wildman–Crippen LogP) is 4.72. The Morgan fingerprint density at radius 3 is 2.23 bits per heavy atom. The Balaban J connectivity index is 0.00000102. The maximum absolute atomic E-state index is 11.0. The number of hydrogen-bond acceptors (Lipinski definition) is 3. The first kappa shape index (κ1) is 19.5. The van der Waals surface area contributed by atoms with Gasteiger partial charge in [-0.15, -0.1) is 0 Å². The summed E-state index contributed by atoms with van der Waals surface area (Å²) in [7, 11) is 0. The van der Waals surface area contributed by atoms with Gasteiger partial charge in [0, 0.05) is 11.6 Å². The predicted molar refractivity (Wildman–Crippen MR) is 88.5 cm³/mol. The molecule has 0 heterocycles. The maximum atomic E-state index is 11.0. The van der Waals surface area contributed by atoms with Crippen LogP contribution in [-0.4, -0.2) is 16.2 Å². The third-order valence-corrected chi connectivity index (χ3v) is 2.46. The molecule has 0 saturated heterocycles. The van der Waals surface area contributed by atoms with Gasteiger partial charge >= 0.3 is 5.97 Å². The molecule has 120 valence electrons. The summed E-state index contributed by atoms with van der Waals surface area (Å²) in [6.45, 7) is 8.14. The van der Waals surface area contributed by atoms with Gasteiger partial charge in [0.2, 0.25) is 0 Å². The Morgan fingerprint density at radius 1 is 1.00 bits per heavy atom. The van der Waals surface area contributed by atoms with Gasteiger partial charge in [-0.1, -0.05) is 52.0 Å². The van der Waals surface area contributed by atoms with Crippen molar-refractivity contribution < 1.29 is 19.7 Å². The number of hydrogen-bond donors (Lipinski definition) is 2. The van der Waals surface area contributed by atoms with Crippen LogP contribution in [0.25, 0.3) is 0 Å². The minimum absolute atomic E-state index is 0.110. The quantitative estimate of drug-likeness (QED) is 0.857. The Morgan fingerprint density at radius 2 is 1.64 bits per heavy atom. The van der Waals surface area contributed by atoms with Crippen molar-refractivity contribution in [2.24, 2.45) is 0 Å². The second-order valence-electron chi connectivity index (χ2n) is 3.75. The van der Waals surface area contributed by atoms with E-state index < -0.39 is 5.97 Å². The average molecular weight is 304 g/mol. The molecule has 0 aliphatic heterocycles. The first-order chi connectivity index (χ1) is 10.7. The number of carbonyl (C=O) groups is 1. The van der Waals surface area contributed by atoms with Gasteiger partial charge in [0.05, 0.1) is 5.56 Å². The molecule has 4 heteroatoms. The molecule has 0 unspecified atom stereocenters. The van der Waals surface area contributed by atoms with Gasteiger partial charge in [0.1, 0.15) is 18.1 Å². The van der Waals surface area contributed by atoms with Crippen LogP contribution in [0.1, 0.15) is 43.6 Å². The lowest BCUT2D eigenvalue weighted by molar-refractivity contribution is 0.0694. The Kier molecular flexibility index (Phi) is 9.93. The fraction of sp³-hybridized carbons (Fsp3) is 0.278. The van der Waals surface area contributed by atoms with Crippen LogP contribution < -0.4 is 4.74 Å². The summed E-state index contributed by atoms with van der Waals surface area (Å²) >= 11 is 0. The maximum Gasteiger partial charge on any atom is 0.336 e. The SMILES string of the molecule is CC.CC.O=C(O)c1ccccc1COc1cccc(O)c1. The number of ether oxygens (including phenoxy) is 1. The van der Waals surface area contributed by atoms with Crippen molar-refractivity contribution in [3.8, 4) is 11.5 Å². The van der Waals surface area contributed by atoms with E-state index in [1.165, 1.54) is 18.2 Å². The van der Waals surface area contributed by atoms with Crippen LogP contribution in [0.5, 0.6) is 11.5 Å². The topological polar surface area (TPSA) is 66.8 Å². The zero-order valence-electron chi connectivity index (χ0n) is 13.5. The van der Waals surface area contributed by atoms with Crippen LogP contribution in [0, 0.1) is 0 Å². The third-order valence-electron chi connectivity index (χ3n) is 2.46. The summed E-state index contributed by atoms with van der Waals surface area (Å²) in [5, 5.41) is 18.3. The summed E-state index contributed by atoms with van der Waals surface area (Å²) in [5.74, 6) is -0.376. The van der Waals surface area contributed by atoms with E-state index in [1.807, 2.05) is 27.7 Å². The van der Waals surface area contributed by atoms with Crippen molar-refractivity contribution in [1.82, 2.24) is 0 Å². The van der Waals surface area contributed by atoms with Gasteiger partial charge in [-0.25, -0.2) is 4.79 Å². The molecule has 0 atom stereocenters.